The number of nitrogens with two attached hydrogens (primary N) is 2. The summed E-state index contributed by atoms with van der Waals surface area (Å²) in [5.74, 6) is 5.65. The Morgan fingerprint density at radius 1 is 1.25 bits per heavy atom. The van der Waals surface area contributed by atoms with Gasteiger partial charge in [-0.15, -0.1) is 0 Å². The molecule has 3 amide bonds. The summed E-state index contributed by atoms with van der Waals surface area (Å²) < 4.78 is 0. The third kappa shape index (κ3) is 4.38. The van der Waals surface area contributed by atoms with Crippen molar-refractivity contribution in [2.45, 2.75) is 0 Å². The summed E-state index contributed by atoms with van der Waals surface area (Å²) in [4.78, 5) is 27.5. The average Bonchev–Trinajstić information content (AvgIpc) is 2.90. The predicted molar refractivity (Wildman–Crippen MR) is 93.4 cm³/mol. The van der Waals surface area contributed by atoms with E-state index in [9.17, 15) is 9.59 Å². The van der Waals surface area contributed by atoms with E-state index in [-0.39, 0.29) is 11.4 Å². The van der Waals surface area contributed by atoms with Crippen LogP contribution in [-0.4, -0.2) is 42.5 Å². The van der Waals surface area contributed by atoms with E-state index >= 15 is 0 Å². The molecule has 1 aromatic heterocycles. The van der Waals surface area contributed by atoms with Crippen LogP contribution in [0.4, 0.5) is 10.6 Å². The second kappa shape index (κ2) is 7.35. The van der Waals surface area contributed by atoms with Crippen LogP contribution in [0.15, 0.2) is 30.3 Å². The molecule has 0 aliphatic rings. The number of aromatic amines is 1. The highest BCUT2D eigenvalue weighted by Gasteiger charge is 2.15. The fraction of sp³-hybridized carbons (Fsp3) is 0.176. The summed E-state index contributed by atoms with van der Waals surface area (Å²) in [5, 5.41) is 2.36. The van der Waals surface area contributed by atoms with Crippen molar-refractivity contribution in [2.75, 3.05) is 26.0 Å². The Kier molecular flexibility index (Phi) is 5.24. The fourth-order valence-electron chi connectivity index (χ4n) is 2.09. The molecular weight excluding hydrogens is 306 g/mol. The minimum Gasteiger partial charge on any atom is -0.365 e. The summed E-state index contributed by atoms with van der Waals surface area (Å²) >= 11 is 0. The molecule has 124 valence electrons. The maximum atomic E-state index is 11.5. The van der Waals surface area contributed by atoms with Gasteiger partial charge in [0.05, 0.1) is 12.1 Å². The van der Waals surface area contributed by atoms with Crippen molar-refractivity contribution in [3.05, 3.63) is 41.5 Å². The van der Waals surface area contributed by atoms with Crippen LogP contribution in [0, 0.1) is 11.8 Å². The molecule has 2 aromatic rings. The molecule has 7 heteroatoms. The number of primary amides is 2. The Labute approximate surface area is 140 Å². The number of aromatic nitrogens is 1. The number of hydrogen-bond acceptors (Lipinski definition) is 3. The minimum absolute atomic E-state index is 0.160. The van der Waals surface area contributed by atoms with Crippen LogP contribution in [0.3, 0.4) is 0 Å². The smallest absolute Gasteiger partial charge is 0.317 e. The molecule has 0 atom stereocenters. The lowest BCUT2D eigenvalue weighted by Gasteiger charge is -2.02. The van der Waals surface area contributed by atoms with Gasteiger partial charge in [0.15, 0.2) is 0 Å². The monoisotopic (exact) mass is 325 g/mol. The van der Waals surface area contributed by atoms with Crippen LogP contribution in [0.2, 0.25) is 0 Å². The quantitative estimate of drug-likeness (QED) is 0.632. The molecule has 0 spiro atoms. The Balaban J connectivity index is 2.35. The predicted octanol–water partition coefficient (Wildman–Crippen LogP) is 1.18. The summed E-state index contributed by atoms with van der Waals surface area (Å²) in [5.41, 5.74) is 12.9. The summed E-state index contributed by atoms with van der Waals surface area (Å²) in [6.45, 7) is 0.658. The third-order valence-electron chi connectivity index (χ3n) is 3.13. The Morgan fingerprint density at radius 3 is 2.62 bits per heavy atom. The number of nitrogens with one attached hydrogen (secondary N) is 2. The average molecular weight is 325 g/mol. The minimum atomic E-state index is -0.783. The second-order valence-corrected chi connectivity index (χ2v) is 5.45. The van der Waals surface area contributed by atoms with Gasteiger partial charge < -0.3 is 16.5 Å². The second-order valence-electron chi connectivity index (χ2n) is 5.45. The SMILES string of the molecule is CN(C)CC#Cc1cccc(-c2cc(C(N)=O)c(NC(N)=O)[nH]2)c1. The molecule has 0 aliphatic carbocycles. The molecule has 1 aromatic carbocycles. The van der Waals surface area contributed by atoms with Gasteiger partial charge in [0.2, 0.25) is 0 Å². The zero-order valence-electron chi connectivity index (χ0n) is 13.5. The molecule has 0 bridgehead atoms. The van der Waals surface area contributed by atoms with Gasteiger partial charge in [-0.25, -0.2) is 4.79 Å². The first-order valence-electron chi connectivity index (χ1n) is 7.20. The van der Waals surface area contributed by atoms with Crippen LogP contribution >= 0.6 is 0 Å². The lowest BCUT2D eigenvalue weighted by Crippen LogP contribution is -2.22. The summed E-state index contributed by atoms with van der Waals surface area (Å²) in [6.07, 6.45) is 0. The number of amides is 3. The Morgan fingerprint density at radius 2 is 2.00 bits per heavy atom. The van der Waals surface area contributed by atoms with E-state index in [2.05, 4.69) is 22.1 Å². The molecule has 2 rings (SSSR count). The molecular formula is C17H19N5O2. The molecule has 7 nitrogen and oxygen atoms in total. The number of hydrogen-bond donors (Lipinski definition) is 4. The number of carbonyl (C=O) groups excluding carboxylic acids is 2. The molecule has 6 N–H and O–H groups in total. The zero-order chi connectivity index (χ0) is 17.7. The van der Waals surface area contributed by atoms with Gasteiger partial charge in [0.25, 0.3) is 5.91 Å². The van der Waals surface area contributed by atoms with Gasteiger partial charge in [0.1, 0.15) is 5.82 Å². The number of anilines is 1. The van der Waals surface area contributed by atoms with Crippen LogP contribution in [0.1, 0.15) is 15.9 Å². The maximum absolute atomic E-state index is 11.5. The molecule has 0 radical (unpaired) electrons. The molecule has 1 heterocycles. The highest BCUT2D eigenvalue weighted by Crippen LogP contribution is 2.25. The largest absolute Gasteiger partial charge is 0.365 e. The van der Waals surface area contributed by atoms with Gasteiger partial charge in [-0.3, -0.25) is 15.0 Å². The van der Waals surface area contributed by atoms with Crippen molar-refractivity contribution >= 4 is 17.8 Å². The van der Waals surface area contributed by atoms with Gasteiger partial charge in [-0.05, 0) is 37.9 Å². The normalized spacial score (nSPS) is 10.1. The number of urea groups is 1. The van der Waals surface area contributed by atoms with Gasteiger partial charge in [-0.1, -0.05) is 24.0 Å². The van der Waals surface area contributed by atoms with E-state index in [4.69, 9.17) is 11.5 Å². The number of benzene rings is 1. The van der Waals surface area contributed by atoms with Crippen LogP contribution < -0.4 is 16.8 Å². The first kappa shape index (κ1) is 17.1. The third-order valence-corrected chi connectivity index (χ3v) is 3.13. The maximum Gasteiger partial charge on any atom is 0.317 e. The topological polar surface area (TPSA) is 117 Å². The van der Waals surface area contributed by atoms with E-state index in [0.717, 1.165) is 11.1 Å². The van der Waals surface area contributed by atoms with Crippen molar-refractivity contribution in [3.63, 3.8) is 0 Å². The molecule has 0 saturated heterocycles. The van der Waals surface area contributed by atoms with E-state index < -0.39 is 11.9 Å². The molecule has 0 saturated carbocycles. The first-order valence-corrected chi connectivity index (χ1v) is 7.20. The van der Waals surface area contributed by atoms with Crippen molar-refractivity contribution in [1.82, 2.24) is 9.88 Å². The highest BCUT2D eigenvalue weighted by atomic mass is 16.2. The Hall–Kier alpha value is -3.24. The number of nitrogens with zero attached hydrogens (tertiary/aromatic N) is 1. The van der Waals surface area contributed by atoms with Crippen molar-refractivity contribution in [1.29, 1.82) is 0 Å². The fourth-order valence-corrected chi connectivity index (χ4v) is 2.09. The van der Waals surface area contributed by atoms with Crippen molar-refractivity contribution < 1.29 is 9.59 Å². The lowest BCUT2D eigenvalue weighted by molar-refractivity contribution is 0.100. The number of H-pyrrole nitrogens is 1. The zero-order valence-corrected chi connectivity index (χ0v) is 13.5. The van der Waals surface area contributed by atoms with Crippen LogP contribution in [-0.2, 0) is 0 Å². The summed E-state index contributed by atoms with van der Waals surface area (Å²) in [6, 6.07) is 8.29. The van der Waals surface area contributed by atoms with Crippen LogP contribution in [0.25, 0.3) is 11.3 Å². The molecule has 0 fully saturated rings. The van der Waals surface area contributed by atoms with Gasteiger partial charge >= 0.3 is 6.03 Å². The van der Waals surface area contributed by atoms with E-state index in [1.807, 2.05) is 43.3 Å². The highest BCUT2D eigenvalue weighted by molar-refractivity contribution is 6.03. The van der Waals surface area contributed by atoms with Crippen LogP contribution in [0.5, 0.6) is 0 Å². The number of rotatable bonds is 4. The van der Waals surface area contributed by atoms with E-state index in [1.54, 1.807) is 6.07 Å². The molecule has 24 heavy (non-hydrogen) atoms. The lowest BCUT2D eigenvalue weighted by atomic mass is 10.1. The van der Waals surface area contributed by atoms with E-state index in [1.165, 1.54) is 0 Å². The van der Waals surface area contributed by atoms with E-state index in [0.29, 0.717) is 12.2 Å². The van der Waals surface area contributed by atoms with Gasteiger partial charge in [-0.2, -0.15) is 0 Å². The number of carbonyl (C=O) groups is 2. The van der Waals surface area contributed by atoms with Crippen molar-refractivity contribution in [2.24, 2.45) is 11.5 Å². The molecule has 0 unspecified atom stereocenters. The first-order chi connectivity index (χ1) is 11.4. The van der Waals surface area contributed by atoms with Gasteiger partial charge in [0, 0.05) is 11.3 Å². The van der Waals surface area contributed by atoms with Crippen molar-refractivity contribution in [3.8, 4) is 23.1 Å². The summed E-state index contributed by atoms with van der Waals surface area (Å²) in [7, 11) is 3.89. The molecule has 0 aliphatic heterocycles. The standard InChI is InChI=1S/C17H19N5O2/c1-22(2)8-4-6-11-5-3-7-12(9-11)14-10-13(15(18)23)16(20-14)21-17(19)24/h3,5,7,9-10,20H,8H2,1-2H3,(H2,18,23)(H3,19,21,24). The Bertz CT molecular complexity index is 827.